The summed E-state index contributed by atoms with van der Waals surface area (Å²) in [5.41, 5.74) is 1.48. The minimum Gasteiger partial charge on any atom is -0.356 e. The number of nitrogens with zero attached hydrogens (tertiary/aromatic N) is 7. The molecule has 8 heteroatoms. The van der Waals surface area contributed by atoms with E-state index in [-0.39, 0.29) is 0 Å². The zero-order chi connectivity index (χ0) is 17.7. The van der Waals surface area contributed by atoms with Crippen LogP contribution in [0, 0.1) is 5.92 Å². The van der Waals surface area contributed by atoms with E-state index in [2.05, 4.69) is 39.2 Å². The molecule has 2 aliphatic heterocycles. The van der Waals surface area contributed by atoms with Crippen molar-refractivity contribution in [1.82, 2.24) is 29.9 Å². The Morgan fingerprint density at radius 2 is 2.19 bits per heavy atom. The molecule has 0 N–H and O–H groups in total. The van der Waals surface area contributed by atoms with Gasteiger partial charge in [-0.1, -0.05) is 18.9 Å². The minimum atomic E-state index is 0.620. The van der Waals surface area contributed by atoms with Crippen LogP contribution in [0.1, 0.15) is 43.6 Å². The summed E-state index contributed by atoms with van der Waals surface area (Å²) in [6, 6.07) is 0. The van der Waals surface area contributed by atoms with E-state index in [0.29, 0.717) is 11.7 Å². The Bertz CT molecular complexity index is 946. The molecule has 0 spiro atoms. The molecule has 0 saturated carbocycles. The maximum Gasteiger partial charge on any atom is 0.276 e. The van der Waals surface area contributed by atoms with Gasteiger partial charge in [-0.15, -0.1) is 11.3 Å². The van der Waals surface area contributed by atoms with Gasteiger partial charge in [0.15, 0.2) is 0 Å². The van der Waals surface area contributed by atoms with E-state index < -0.39 is 0 Å². The third-order valence-corrected chi connectivity index (χ3v) is 6.88. The quantitative estimate of drug-likeness (QED) is 0.705. The molecule has 0 bridgehead atoms. The van der Waals surface area contributed by atoms with Crippen LogP contribution in [-0.2, 0) is 13.0 Å². The Kier molecular flexibility index (Phi) is 4.04. The van der Waals surface area contributed by atoms with Crippen molar-refractivity contribution >= 4 is 33.1 Å². The van der Waals surface area contributed by atoms with E-state index in [9.17, 15) is 0 Å². The number of rotatable bonds is 3. The fourth-order valence-electron chi connectivity index (χ4n) is 4.47. The molecule has 26 heavy (non-hydrogen) atoms. The summed E-state index contributed by atoms with van der Waals surface area (Å²) < 4.78 is 1.83. The van der Waals surface area contributed by atoms with Crippen LogP contribution in [0.3, 0.4) is 0 Å². The first-order valence-corrected chi connectivity index (χ1v) is 10.6. The minimum absolute atomic E-state index is 0.620. The van der Waals surface area contributed by atoms with Crippen molar-refractivity contribution in [2.24, 2.45) is 5.92 Å². The molecular formula is C18H25N7S. The molecule has 7 nitrogen and oxygen atoms in total. The van der Waals surface area contributed by atoms with Crippen molar-refractivity contribution in [1.29, 1.82) is 0 Å². The van der Waals surface area contributed by atoms with Crippen LogP contribution in [0.5, 0.6) is 0 Å². The normalized spacial score (nSPS) is 21.6. The first kappa shape index (κ1) is 16.4. The van der Waals surface area contributed by atoms with Gasteiger partial charge in [-0.3, -0.25) is 4.90 Å². The summed E-state index contributed by atoms with van der Waals surface area (Å²) in [7, 11) is 0. The van der Waals surface area contributed by atoms with E-state index in [1.807, 2.05) is 15.9 Å². The smallest absolute Gasteiger partial charge is 0.276 e. The Morgan fingerprint density at radius 1 is 1.27 bits per heavy atom. The third kappa shape index (κ3) is 2.58. The van der Waals surface area contributed by atoms with Gasteiger partial charge in [0.25, 0.3) is 5.78 Å². The van der Waals surface area contributed by atoms with Gasteiger partial charge in [-0.25, -0.2) is 0 Å². The first-order valence-electron chi connectivity index (χ1n) is 9.74. The van der Waals surface area contributed by atoms with E-state index >= 15 is 0 Å². The van der Waals surface area contributed by atoms with Crippen LogP contribution in [0.25, 0.3) is 16.0 Å². The molecular weight excluding hydrogens is 346 g/mol. The molecule has 5 heterocycles. The van der Waals surface area contributed by atoms with Gasteiger partial charge in [-0.05, 0) is 54.1 Å². The average Bonchev–Trinajstić information content (AvgIpc) is 3.25. The Labute approximate surface area is 157 Å². The molecule has 3 aromatic rings. The zero-order valence-corrected chi connectivity index (χ0v) is 16.3. The van der Waals surface area contributed by atoms with Gasteiger partial charge in [0, 0.05) is 31.1 Å². The zero-order valence-electron chi connectivity index (χ0n) is 15.5. The van der Waals surface area contributed by atoms with E-state index in [4.69, 9.17) is 4.98 Å². The maximum absolute atomic E-state index is 4.90. The number of hydrogen-bond acceptors (Lipinski definition) is 7. The molecule has 1 saturated heterocycles. The molecule has 0 unspecified atom stereocenters. The van der Waals surface area contributed by atoms with E-state index in [1.54, 1.807) is 0 Å². The monoisotopic (exact) mass is 371 g/mol. The second-order valence-electron chi connectivity index (χ2n) is 7.73. The fourth-order valence-corrected chi connectivity index (χ4v) is 5.80. The lowest BCUT2D eigenvalue weighted by molar-refractivity contribution is 0.258. The molecule has 5 rings (SSSR count). The van der Waals surface area contributed by atoms with E-state index in [0.717, 1.165) is 43.2 Å². The van der Waals surface area contributed by atoms with Crippen LogP contribution in [0.4, 0.5) is 5.82 Å². The summed E-state index contributed by atoms with van der Waals surface area (Å²) in [5, 5.41) is 13.6. The summed E-state index contributed by atoms with van der Waals surface area (Å²) >= 11 is 1.85. The van der Waals surface area contributed by atoms with Gasteiger partial charge >= 0.3 is 0 Å². The number of anilines is 1. The van der Waals surface area contributed by atoms with Gasteiger partial charge in [0.05, 0.1) is 5.39 Å². The van der Waals surface area contributed by atoms with Crippen LogP contribution in [0.15, 0.2) is 0 Å². The van der Waals surface area contributed by atoms with Crippen LogP contribution in [0.2, 0.25) is 0 Å². The molecule has 0 aliphatic carbocycles. The fraction of sp³-hybridized carbons (Fsp3) is 0.667. The molecule has 1 atom stereocenters. The van der Waals surface area contributed by atoms with Crippen molar-refractivity contribution in [3.63, 3.8) is 0 Å². The maximum atomic E-state index is 4.90. The summed E-state index contributed by atoms with van der Waals surface area (Å²) in [4.78, 5) is 12.6. The molecule has 1 fully saturated rings. The van der Waals surface area contributed by atoms with Crippen molar-refractivity contribution in [2.75, 3.05) is 31.1 Å². The highest BCUT2D eigenvalue weighted by atomic mass is 32.1. The second kappa shape index (κ2) is 6.42. The van der Waals surface area contributed by atoms with Crippen molar-refractivity contribution in [3.8, 4) is 0 Å². The number of piperidine rings is 1. The number of thiophene rings is 1. The van der Waals surface area contributed by atoms with Crippen molar-refractivity contribution in [2.45, 2.75) is 46.1 Å². The highest BCUT2D eigenvalue weighted by molar-refractivity contribution is 7.19. The predicted octanol–water partition coefficient (Wildman–Crippen LogP) is 2.74. The van der Waals surface area contributed by atoms with Gasteiger partial charge in [0.2, 0.25) is 0 Å². The average molecular weight is 372 g/mol. The molecule has 138 valence electrons. The van der Waals surface area contributed by atoms with Crippen LogP contribution < -0.4 is 4.90 Å². The number of fused-ring (bicyclic) bond motifs is 5. The van der Waals surface area contributed by atoms with Crippen LogP contribution in [-0.4, -0.2) is 56.1 Å². The lowest BCUT2D eigenvalue weighted by Crippen LogP contribution is -2.35. The number of aromatic nitrogens is 5. The Hall–Kier alpha value is -1.80. The van der Waals surface area contributed by atoms with Gasteiger partial charge < -0.3 is 4.90 Å². The lowest BCUT2D eigenvalue weighted by atomic mass is 9.99. The SMILES string of the molecule is CCCN1CCc2c(sc3c2c(N2CCC[C@H](C)C2)nc2nnnn23)C1. The summed E-state index contributed by atoms with van der Waals surface area (Å²) in [6.45, 7) is 10.1. The van der Waals surface area contributed by atoms with Crippen molar-refractivity contribution < 1.29 is 0 Å². The molecule has 2 aliphatic rings. The third-order valence-electron chi connectivity index (χ3n) is 5.69. The van der Waals surface area contributed by atoms with Gasteiger partial charge in [-0.2, -0.15) is 9.50 Å². The number of hydrogen-bond donors (Lipinski definition) is 0. The Morgan fingerprint density at radius 3 is 3.04 bits per heavy atom. The molecule has 3 aromatic heterocycles. The van der Waals surface area contributed by atoms with E-state index in [1.165, 1.54) is 41.6 Å². The second-order valence-corrected chi connectivity index (χ2v) is 8.81. The Balaban J connectivity index is 1.68. The predicted molar refractivity (Wildman–Crippen MR) is 104 cm³/mol. The van der Waals surface area contributed by atoms with Crippen LogP contribution >= 0.6 is 11.3 Å². The first-order chi connectivity index (χ1) is 12.7. The molecule has 0 amide bonds. The highest BCUT2D eigenvalue weighted by Gasteiger charge is 2.28. The summed E-state index contributed by atoms with van der Waals surface area (Å²) in [6.07, 6.45) is 4.84. The van der Waals surface area contributed by atoms with Gasteiger partial charge in [0.1, 0.15) is 10.6 Å². The highest BCUT2D eigenvalue weighted by Crippen LogP contribution is 2.40. The van der Waals surface area contributed by atoms with Crippen molar-refractivity contribution in [3.05, 3.63) is 10.4 Å². The lowest BCUT2D eigenvalue weighted by Gasteiger charge is -2.32. The topological polar surface area (TPSA) is 62.5 Å². The number of tetrazole rings is 1. The standard InChI is InChI=1S/C18H25N7S/c1-3-7-23-9-6-13-14(11-23)26-17-15(13)16(19-18-20-21-22-25(17)18)24-8-4-5-12(2)10-24/h12H,3-11H2,1-2H3/t12-/m0/s1. The summed E-state index contributed by atoms with van der Waals surface area (Å²) in [5.74, 6) is 2.44. The molecule has 0 radical (unpaired) electrons. The molecule has 0 aromatic carbocycles. The largest absolute Gasteiger partial charge is 0.356 e.